The van der Waals surface area contributed by atoms with Crippen LogP contribution in [0, 0.1) is 5.92 Å². The molecule has 45 heavy (non-hydrogen) atoms. The van der Waals surface area contributed by atoms with Crippen molar-refractivity contribution in [1.82, 2.24) is 30.4 Å². The second-order valence-corrected chi connectivity index (χ2v) is 11.7. The van der Waals surface area contributed by atoms with Crippen molar-refractivity contribution in [2.75, 3.05) is 78.5 Å². The van der Waals surface area contributed by atoms with Crippen molar-refractivity contribution in [2.45, 2.75) is 39.5 Å². The molecule has 15 nitrogen and oxygen atoms in total. The van der Waals surface area contributed by atoms with Crippen LogP contribution in [0.3, 0.4) is 0 Å². The molecule has 1 aromatic carbocycles. The summed E-state index contributed by atoms with van der Waals surface area (Å²) in [6, 6.07) is 6.77. The topological polar surface area (TPSA) is 198 Å². The molecule has 2 amide bonds. The minimum absolute atomic E-state index is 0.0888. The first-order valence-corrected chi connectivity index (χ1v) is 15.2. The fraction of sp³-hybridized carbons (Fsp3) is 0.633. The maximum Gasteiger partial charge on any atom is 0.317 e. The average Bonchev–Trinajstić information content (AvgIpc) is 2.97. The highest BCUT2D eigenvalue weighted by atomic mass is 16.6. The number of carboxylic acids is 2. The Labute approximate surface area is 264 Å². The molecule has 1 aliphatic heterocycles. The fourth-order valence-corrected chi connectivity index (χ4v) is 4.82. The lowest BCUT2D eigenvalue weighted by atomic mass is 10.0. The van der Waals surface area contributed by atoms with Crippen LogP contribution in [0.5, 0.6) is 0 Å². The highest BCUT2D eigenvalue weighted by Crippen LogP contribution is 2.07. The monoisotopic (exact) mass is 635 g/mol. The number of rotatable bonds is 16. The van der Waals surface area contributed by atoms with Crippen molar-refractivity contribution in [3.8, 4) is 0 Å². The molecule has 1 saturated heterocycles. The molecular formula is C30H49N7O8. The van der Waals surface area contributed by atoms with Crippen LogP contribution in [0.15, 0.2) is 24.3 Å². The van der Waals surface area contributed by atoms with E-state index in [1.165, 1.54) is 0 Å². The third kappa shape index (κ3) is 16.4. The van der Waals surface area contributed by atoms with E-state index in [4.69, 9.17) is 10.6 Å². The Morgan fingerprint density at radius 2 is 1.29 bits per heavy atom. The Bertz CT molecular complexity index is 1090. The van der Waals surface area contributed by atoms with Crippen molar-refractivity contribution >= 4 is 30.0 Å². The van der Waals surface area contributed by atoms with Crippen LogP contribution in [0.2, 0.25) is 0 Å². The van der Waals surface area contributed by atoms with Crippen molar-refractivity contribution in [2.24, 2.45) is 11.7 Å². The molecule has 15 heteroatoms. The molecule has 0 aromatic heterocycles. The number of carboxylic acid groups (broad SMARTS) is 2. The van der Waals surface area contributed by atoms with Gasteiger partial charge in [-0.2, -0.15) is 0 Å². The minimum Gasteiger partial charge on any atom is -0.480 e. The molecule has 0 radical (unpaired) electrons. The maximum absolute atomic E-state index is 12.9. The lowest BCUT2D eigenvalue weighted by Gasteiger charge is -2.32. The van der Waals surface area contributed by atoms with E-state index >= 15 is 0 Å². The number of aldehydes is 1. The maximum atomic E-state index is 12.9. The van der Waals surface area contributed by atoms with Gasteiger partial charge in [-0.1, -0.05) is 38.1 Å². The molecule has 0 unspecified atom stereocenters. The van der Waals surface area contributed by atoms with E-state index in [9.17, 15) is 34.2 Å². The van der Waals surface area contributed by atoms with Gasteiger partial charge >= 0.3 is 11.9 Å². The largest absolute Gasteiger partial charge is 0.480 e. The Morgan fingerprint density at radius 1 is 0.822 bits per heavy atom. The van der Waals surface area contributed by atoms with Crippen LogP contribution in [-0.2, 0) is 42.0 Å². The lowest BCUT2D eigenvalue weighted by molar-refractivity contribution is -0.140. The van der Waals surface area contributed by atoms with E-state index in [2.05, 4.69) is 10.8 Å². The molecule has 2 rings (SSSR count). The fourth-order valence-electron chi connectivity index (χ4n) is 4.82. The van der Waals surface area contributed by atoms with Crippen LogP contribution >= 0.6 is 0 Å². The molecular weight excluding hydrogens is 586 g/mol. The zero-order valence-corrected chi connectivity index (χ0v) is 26.4. The van der Waals surface area contributed by atoms with Crippen LogP contribution in [-0.4, -0.2) is 144 Å². The van der Waals surface area contributed by atoms with Gasteiger partial charge in [0.25, 0.3) is 5.91 Å². The molecule has 1 aliphatic rings. The summed E-state index contributed by atoms with van der Waals surface area (Å²) >= 11 is 0. The number of hydrogen-bond acceptors (Lipinski definition) is 11. The Hall–Kier alpha value is -3.47. The summed E-state index contributed by atoms with van der Waals surface area (Å²) in [6.07, 6.45) is 1.36. The molecule has 0 bridgehead atoms. The summed E-state index contributed by atoms with van der Waals surface area (Å²) in [5.41, 5.74) is 9.94. The highest BCUT2D eigenvalue weighted by molar-refractivity contribution is 5.80. The molecule has 6 N–H and O–H groups in total. The standard InChI is InChI=1S/C30H49N7O8/c1-23(2)17-26(31)30(44)33-45-22-25-5-3-24(4-6-25)18-32-27(39)19-35-9-7-34(15-16-38)8-10-36(20-28(40)41)13-14-37(12-11-35)21-29(42)43/h3-6,16,23,26H,7-15,17-22,31H2,1-2H3,(H,32,39)(H,33,44)(H,40,41)(H,42,43)/t26-/m1/s1. The van der Waals surface area contributed by atoms with E-state index in [-0.39, 0.29) is 44.6 Å². The number of amides is 2. The number of aliphatic carboxylic acids is 2. The first-order valence-electron chi connectivity index (χ1n) is 15.2. The molecule has 252 valence electrons. The molecule has 0 saturated carbocycles. The van der Waals surface area contributed by atoms with Crippen LogP contribution in [0.25, 0.3) is 0 Å². The summed E-state index contributed by atoms with van der Waals surface area (Å²) in [6.45, 7) is 7.68. The smallest absolute Gasteiger partial charge is 0.317 e. The van der Waals surface area contributed by atoms with Crippen molar-refractivity contribution in [3.05, 3.63) is 35.4 Å². The van der Waals surface area contributed by atoms with Gasteiger partial charge in [-0.15, -0.1) is 0 Å². The van der Waals surface area contributed by atoms with Crippen molar-refractivity contribution in [3.63, 3.8) is 0 Å². The first kappa shape index (κ1) is 37.7. The Balaban J connectivity index is 1.91. The van der Waals surface area contributed by atoms with Gasteiger partial charge in [0, 0.05) is 58.9 Å². The van der Waals surface area contributed by atoms with Gasteiger partial charge in [-0.3, -0.25) is 43.6 Å². The van der Waals surface area contributed by atoms with Gasteiger partial charge in [0.2, 0.25) is 5.91 Å². The number of carbonyl (C=O) groups excluding carboxylic acids is 3. The van der Waals surface area contributed by atoms with Gasteiger partial charge < -0.3 is 26.1 Å². The number of carbonyl (C=O) groups is 5. The van der Waals surface area contributed by atoms with Crippen LogP contribution in [0.1, 0.15) is 31.4 Å². The predicted molar refractivity (Wildman–Crippen MR) is 166 cm³/mol. The quantitative estimate of drug-likeness (QED) is 0.108. The third-order valence-electron chi connectivity index (χ3n) is 7.33. The lowest BCUT2D eigenvalue weighted by Crippen LogP contribution is -2.49. The predicted octanol–water partition coefficient (Wildman–Crippen LogP) is -1.19. The van der Waals surface area contributed by atoms with Gasteiger partial charge in [0.05, 0.1) is 38.8 Å². The number of benzene rings is 1. The first-order chi connectivity index (χ1) is 21.4. The summed E-state index contributed by atoms with van der Waals surface area (Å²) in [5.74, 6) is -2.23. The van der Waals surface area contributed by atoms with Crippen molar-refractivity contribution in [1.29, 1.82) is 0 Å². The summed E-state index contributed by atoms with van der Waals surface area (Å²) in [7, 11) is 0. The number of hydrogen-bond donors (Lipinski definition) is 5. The molecule has 1 aromatic rings. The van der Waals surface area contributed by atoms with E-state index in [0.717, 1.165) is 17.4 Å². The number of nitrogens with one attached hydrogen (secondary N) is 2. The van der Waals surface area contributed by atoms with E-state index in [1.54, 1.807) is 9.80 Å². The number of nitrogens with zero attached hydrogens (tertiary/aromatic N) is 4. The van der Waals surface area contributed by atoms with E-state index in [0.29, 0.717) is 71.2 Å². The van der Waals surface area contributed by atoms with Gasteiger partial charge in [0.15, 0.2) is 0 Å². The van der Waals surface area contributed by atoms with Gasteiger partial charge in [-0.25, -0.2) is 5.48 Å². The molecule has 1 fully saturated rings. The van der Waals surface area contributed by atoms with Crippen LogP contribution < -0.4 is 16.5 Å². The summed E-state index contributed by atoms with van der Waals surface area (Å²) in [4.78, 5) is 71.6. The molecule has 0 aliphatic carbocycles. The molecule has 0 spiro atoms. The average molecular weight is 636 g/mol. The second-order valence-electron chi connectivity index (χ2n) is 11.7. The molecule has 1 heterocycles. The van der Waals surface area contributed by atoms with E-state index < -0.39 is 18.0 Å². The Morgan fingerprint density at radius 3 is 1.76 bits per heavy atom. The second kappa shape index (κ2) is 20.5. The van der Waals surface area contributed by atoms with Gasteiger partial charge in [0.1, 0.15) is 6.29 Å². The van der Waals surface area contributed by atoms with Crippen LogP contribution in [0.4, 0.5) is 0 Å². The SMILES string of the molecule is CC(C)C[C@@H](N)C(=O)NOCc1ccc(CNC(=O)CN2CCN(CC=O)CCN(CC(=O)O)CCN(CC(=O)O)CC2)cc1. The summed E-state index contributed by atoms with van der Waals surface area (Å²) < 4.78 is 0. The van der Waals surface area contributed by atoms with E-state index in [1.807, 2.05) is 47.9 Å². The molecule has 1 atom stereocenters. The number of nitrogens with two attached hydrogens (primary N) is 1. The van der Waals surface area contributed by atoms with Crippen molar-refractivity contribution < 1.29 is 39.0 Å². The van der Waals surface area contributed by atoms with Gasteiger partial charge in [-0.05, 0) is 23.5 Å². The highest BCUT2D eigenvalue weighted by Gasteiger charge is 2.20. The Kier molecular flexibility index (Phi) is 17.2. The third-order valence-corrected chi connectivity index (χ3v) is 7.33. The zero-order chi connectivity index (χ0) is 33.2. The zero-order valence-electron chi connectivity index (χ0n) is 26.4. The number of hydroxylamine groups is 1. The normalized spacial score (nSPS) is 17.2. The summed E-state index contributed by atoms with van der Waals surface area (Å²) in [5, 5.41) is 21.6. The minimum atomic E-state index is -0.985.